The fourth-order valence-electron chi connectivity index (χ4n) is 3.31. The second-order valence-electron chi connectivity index (χ2n) is 8.58. The van der Waals surface area contributed by atoms with E-state index in [9.17, 15) is 9.59 Å². The van der Waals surface area contributed by atoms with Gasteiger partial charge in [-0.1, -0.05) is 49.3 Å². The van der Waals surface area contributed by atoms with Crippen molar-refractivity contribution in [2.75, 3.05) is 46.1 Å². The molecule has 2 amide bonds. The van der Waals surface area contributed by atoms with Crippen LogP contribution in [0.15, 0.2) is 29.4 Å². The van der Waals surface area contributed by atoms with Crippen LogP contribution in [0.4, 0.5) is 0 Å². The van der Waals surface area contributed by atoms with E-state index < -0.39 is 0 Å². The van der Waals surface area contributed by atoms with Gasteiger partial charge in [-0.15, -0.1) is 0 Å². The zero-order chi connectivity index (χ0) is 27.6. The summed E-state index contributed by atoms with van der Waals surface area (Å²) < 4.78 is 5.64. The number of rotatable bonds is 11. The molecule has 1 aromatic carbocycles. The minimum absolute atomic E-state index is 0.0954. The maximum Gasteiger partial charge on any atom is 0.241 e. The van der Waals surface area contributed by atoms with Crippen molar-refractivity contribution in [3.05, 3.63) is 29.8 Å². The first-order valence-electron chi connectivity index (χ1n) is 12.9. The smallest absolute Gasteiger partial charge is 0.241 e. The Labute approximate surface area is 227 Å². The van der Waals surface area contributed by atoms with Gasteiger partial charge in [0, 0.05) is 43.8 Å². The first kappa shape index (κ1) is 34.3. The Morgan fingerprint density at radius 1 is 1.06 bits per heavy atom. The third kappa shape index (κ3) is 14.1. The van der Waals surface area contributed by atoms with Crippen LogP contribution in [0.25, 0.3) is 0 Å². The molecular formula is C27H48N4O3S2. The molecule has 0 atom stereocenters. The van der Waals surface area contributed by atoms with Crippen LogP contribution in [0.1, 0.15) is 73.3 Å². The number of amides is 2. The molecule has 1 saturated heterocycles. The number of likely N-dealkylation sites (N-methyl/N-ethyl adjacent to an activating group) is 1. The highest BCUT2D eigenvalue weighted by Gasteiger charge is 2.22. The van der Waals surface area contributed by atoms with Crippen LogP contribution in [0, 0.1) is 0 Å². The van der Waals surface area contributed by atoms with Gasteiger partial charge in [0.05, 0.1) is 12.3 Å². The predicted octanol–water partition coefficient (Wildman–Crippen LogP) is 5.69. The van der Waals surface area contributed by atoms with Crippen molar-refractivity contribution in [3.63, 3.8) is 0 Å². The van der Waals surface area contributed by atoms with Crippen molar-refractivity contribution in [1.29, 1.82) is 0 Å². The molecule has 0 radical (unpaired) electrons. The number of hydrogen-bond donors (Lipinski definition) is 1. The molecule has 2 rings (SSSR count). The van der Waals surface area contributed by atoms with Gasteiger partial charge in [-0.05, 0) is 70.3 Å². The molecule has 1 heterocycles. The highest BCUT2D eigenvalue weighted by molar-refractivity contribution is 8.76. The number of piperazine rings is 1. The Morgan fingerprint density at radius 2 is 1.64 bits per heavy atom. The summed E-state index contributed by atoms with van der Waals surface area (Å²) in [5.74, 6) is 0.872. The Balaban J connectivity index is 0.00000291. The third-order valence-electron chi connectivity index (χ3n) is 5.18. The van der Waals surface area contributed by atoms with Gasteiger partial charge in [0.2, 0.25) is 11.8 Å². The summed E-state index contributed by atoms with van der Waals surface area (Å²) in [6.45, 7) is 18.0. The quantitative estimate of drug-likeness (QED) is 0.168. The fraction of sp³-hybridized carbons (Fsp3) is 0.667. The molecule has 1 N–H and O–H groups in total. The van der Waals surface area contributed by atoms with Crippen LogP contribution in [-0.4, -0.2) is 78.2 Å². The van der Waals surface area contributed by atoms with Gasteiger partial charge in [0.15, 0.2) is 0 Å². The van der Waals surface area contributed by atoms with E-state index in [1.807, 2.05) is 83.9 Å². The molecule has 1 aliphatic heterocycles. The summed E-state index contributed by atoms with van der Waals surface area (Å²) in [5.41, 5.74) is 4.30. The molecule has 0 spiro atoms. The summed E-state index contributed by atoms with van der Waals surface area (Å²) in [6.07, 6.45) is 3.62. The van der Waals surface area contributed by atoms with E-state index in [-0.39, 0.29) is 16.6 Å². The number of carbonyl (C=O) groups excluding carboxylic acids is 2. The van der Waals surface area contributed by atoms with Crippen LogP contribution >= 0.6 is 21.6 Å². The molecule has 0 aromatic heterocycles. The first-order valence-corrected chi connectivity index (χ1v) is 15.5. The molecule has 1 aromatic rings. The number of nitrogens with one attached hydrogen (secondary N) is 1. The molecule has 9 heteroatoms. The van der Waals surface area contributed by atoms with Crippen molar-refractivity contribution in [2.24, 2.45) is 5.10 Å². The van der Waals surface area contributed by atoms with E-state index in [1.165, 1.54) is 0 Å². The molecule has 0 saturated carbocycles. The predicted molar refractivity (Wildman–Crippen MR) is 158 cm³/mol. The van der Waals surface area contributed by atoms with Crippen LogP contribution in [0.3, 0.4) is 0 Å². The van der Waals surface area contributed by atoms with Crippen molar-refractivity contribution in [2.45, 2.75) is 72.5 Å². The second-order valence-corrected chi connectivity index (χ2v) is 11.7. The lowest BCUT2D eigenvalue weighted by Gasteiger charge is -2.32. The normalized spacial score (nSPS) is 14.1. The Hall–Kier alpha value is -1.71. The average Bonchev–Trinajstić information content (AvgIpc) is 2.88. The molecular weight excluding hydrogens is 492 g/mol. The van der Waals surface area contributed by atoms with Crippen LogP contribution in [0.2, 0.25) is 0 Å². The second kappa shape index (κ2) is 19.4. The van der Waals surface area contributed by atoms with E-state index >= 15 is 0 Å². The molecule has 1 aliphatic rings. The summed E-state index contributed by atoms with van der Waals surface area (Å²) in [5, 5.41) is 4.23. The minimum atomic E-state index is -0.138. The lowest BCUT2D eigenvalue weighted by Crippen LogP contribution is -2.47. The third-order valence-corrected chi connectivity index (χ3v) is 7.79. The van der Waals surface area contributed by atoms with E-state index in [1.54, 1.807) is 21.6 Å². The van der Waals surface area contributed by atoms with Gasteiger partial charge < -0.3 is 14.5 Å². The summed E-state index contributed by atoms with van der Waals surface area (Å²) in [6, 6.07) is 7.61. The number of ether oxygens (including phenoxy) is 1. The molecule has 1 fully saturated rings. The minimum Gasteiger partial charge on any atom is -0.494 e. The molecule has 36 heavy (non-hydrogen) atoms. The number of benzene rings is 1. The summed E-state index contributed by atoms with van der Waals surface area (Å²) in [4.78, 5) is 28.6. The Bertz CT molecular complexity index is 778. The van der Waals surface area contributed by atoms with Gasteiger partial charge in [-0.2, -0.15) is 5.10 Å². The van der Waals surface area contributed by atoms with Gasteiger partial charge in [0.25, 0.3) is 0 Å². The number of hydrazone groups is 1. The fourth-order valence-corrected chi connectivity index (χ4v) is 5.48. The van der Waals surface area contributed by atoms with Crippen LogP contribution in [0.5, 0.6) is 5.75 Å². The zero-order valence-electron chi connectivity index (χ0n) is 23.8. The standard InChI is InChI=1S/C23H36N4O3S2.2C2H6/c1-18(24-25-21(28)17-23(2,3)32-31-5)19-8-10-20(11-9-19)30-16-6-7-22(29)27-14-12-26(4)13-15-27;2*1-2/h8-11H,6-7,12-17H2,1-5H3,(H,25,28);2*1-2H3/b24-18+;;. The highest BCUT2D eigenvalue weighted by atomic mass is 33.1. The van der Waals surface area contributed by atoms with Crippen molar-refractivity contribution in [1.82, 2.24) is 15.2 Å². The Kier molecular flexibility index (Phi) is 18.5. The SMILES string of the molecule is CC.CC.CSSC(C)(C)CC(=O)N/N=C(\C)c1ccc(OCCCC(=O)N2CCN(C)CC2)cc1. The lowest BCUT2D eigenvalue weighted by molar-refractivity contribution is -0.133. The van der Waals surface area contributed by atoms with Crippen molar-refractivity contribution < 1.29 is 14.3 Å². The monoisotopic (exact) mass is 540 g/mol. The molecule has 0 bridgehead atoms. The van der Waals surface area contributed by atoms with E-state index in [2.05, 4.69) is 22.5 Å². The van der Waals surface area contributed by atoms with Gasteiger partial charge in [-0.25, -0.2) is 5.43 Å². The van der Waals surface area contributed by atoms with Gasteiger partial charge in [0.1, 0.15) is 5.75 Å². The molecule has 0 aliphatic carbocycles. The topological polar surface area (TPSA) is 74.2 Å². The van der Waals surface area contributed by atoms with Gasteiger partial charge in [-0.3, -0.25) is 9.59 Å². The van der Waals surface area contributed by atoms with E-state index in [4.69, 9.17) is 4.74 Å². The number of nitrogens with zero attached hydrogens (tertiary/aromatic N) is 3. The van der Waals surface area contributed by atoms with E-state index in [0.717, 1.165) is 43.2 Å². The number of carbonyl (C=O) groups is 2. The largest absolute Gasteiger partial charge is 0.494 e. The van der Waals surface area contributed by atoms with Crippen LogP contribution in [-0.2, 0) is 9.59 Å². The van der Waals surface area contributed by atoms with Crippen molar-refractivity contribution >= 4 is 39.1 Å². The van der Waals surface area contributed by atoms with E-state index in [0.29, 0.717) is 25.9 Å². The summed E-state index contributed by atoms with van der Waals surface area (Å²) >= 11 is 0. The van der Waals surface area contributed by atoms with Gasteiger partial charge >= 0.3 is 0 Å². The number of hydrogen-bond acceptors (Lipinski definition) is 7. The molecule has 0 unspecified atom stereocenters. The molecule has 206 valence electrons. The maximum absolute atomic E-state index is 12.3. The van der Waals surface area contributed by atoms with Crippen LogP contribution < -0.4 is 10.2 Å². The summed E-state index contributed by atoms with van der Waals surface area (Å²) in [7, 11) is 5.42. The molecule has 7 nitrogen and oxygen atoms in total. The van der Waals surface area contributed by atoms with Crippen molar-refractivity contribution in [3.8, 4) is 5.75 Å². The first-order chi connectivity index (χ1) is 17.2. The average molecular weight is 541 g/mol. The Morgan fingerprint density at radius 3 is 2.19 bits per heavy atom. The lowest BCUT2D eigenvalue weighted by atomic mass is 10.1. The highest BCUT2D eigenvalue weighted by Crippen LogP contribution is 2.36. The zero-order valence-corrected chi connectivity index (χ0v) is 25.5. The maximum atomic E-state index is 12.3.